The predicted molar refractivity (Wildman–Crippen MR) is 144 cm³/mol. The highest BCUT2D eigenvalue weighted by Gasteiger charge is 2.42. The van der Waals surface area contributed by atoms with E-state index >= 15 is 0 Å². The second kappa shape index (κ2) is 17.4. The molecule has 0 aromatic rings. The Kier molecular flexibility index (Phi) is 15.5. The van der Waals surface area contributed by atoms with Crippen molar-refractivity contribution < 1.29 is 38.7 Å². The number of likely N-dealkylation sites (N-methyl/N-ethyl adjacent to an activating group) is 1. The van der Waals surface area contributed by atoms with Gasteiger partial charge in [0.05, 0.1) is 36.6 Å². The lowest BCUT2D eigenvalue weighted by Gasteiger charge is -2.39. The summed E-state index contributed by atoms with van der Waals surface area (Å²) in [7, 11) is 4.72. The topological polar surface area (TPSA) is 159 Å². The summed E-state index contributed by atoms with van der Waals surface area (Å²) in [5, 5.41) is 11.6. The van der Waals surface area contributed by atoms with Gasteiger partial charge in [-0.05, 0) is 25.7 Å². The number of likely N-dealkylation sites (tertiary alicyclic amines) is 1. The number of aliphatic carboxylic acids is 1. The van der Waals surface area contributed by atoms with Crippen molar-refractivity contribution >= 4 is 23.7 Å². The number of carboxylic acid groups (broad SMARTS) is 1. The molecule has 7 atom stereocenters. The van der Waals surface area contributed by atoms with Crippen LogP contribution in [0, 0.1) is 11.8 Å². The lowest BCUT2D eigenvalue weighted by Crippen LogP contribution is -2.54. The summed E-state index contributed by atoms with van der Waals surface area (Å²) >= 11 is 0. The molecule has 1 aliphatic rings. The Morgan fingerprint density at radius 1 is 1.08 bits per heavy atom. The number of nitrogens with one attached hydrogen (secondary N) is 3. The van der Waals surface area contributed by atoms with E-state index in [0.29, 0.717) is 19.5 Å². The summed E-state index contributed by atoms with van der Waals surface area (Å²) in [6.45, 7) is 10.0. The highest BCUT2D eigenvalue weighted by Crippen LogP contribution is 2.29. The third-order valence-corrected chi connectivity index (χ3v) is 7.55. The first-order valence-corrected chi connectivity index (χ1v) is 13.7. The monoisotopic (exact) mass is 559 g/mol. The van der Waals surface area contributed by atoms with Gasteiger partial charge in [0.2, 0.25) is 17.7 Å². The number of ether oxygens (including phenoxy) is 2. The first-order valence-electron chi connectivity index (χ1n) is 13.7. The highest BCUT2D eigenvalue weighted by atomic mass is 16.8. The average molecular weight is 560 g/mol. The van der Waals surface area contributed by atoms with E-state index in [2.05, 4.69) is 16.3 Å². The maximum Gasteiger partial charge on any atom is 0.325 e. The van der Waals surface area contributed by atoms with Crippen molar-refractivity contribution in [3.8, 4) is 0 Å². The van der Waals surface area contributed by atoms with E-state index in [-0.39, 0.29) is 42.8 Å². The number of rotatable bonds is 18. The van der Waals surface area contributed by atoms with Crippen LogP contribution in [-0.2, 0) is 33.6 Å². The highest BCUT2D eigenvalue weighted by molar-refractivity contribution is 5.85. The Morgan fingerprint density at radius 2 is 1.74 bits per heavy atom. The van der Waals surface area contributed by atoms with Gasteiger partial charge in [-0.15, -0.1) is 0 Å². The van der Waals surface area contributed by atoms with E-state index in [4.69, 9.17) is 19.5 Å². The Balaban J connectivity index is 3.02. The number of methoxy groups -OCH3 is 2. The Labute approximate surface area is 232 Å². The molecule has 0 saturated carbocycles. The summed E-state index contributed by atoms with van der Waals surface area (Å²) in [5.74, 6) is -2.57. The van der Waals surface area contributed by atoms with Crippen molar-refractivity contribution in [3.63, 3.8) is 0 Å². The second-order valence-electron chi connectivity index (χ2n) is 10.1. The smallest absolute Gasteiger partial charge is 0.325 e. The molecule has 39 heavy (non-hydrogen) atoms. The zero-order valence-electron chi connectivity index (χ0n) is 24.7. The summed E-state index contributed by atoms with van der Waals surface area (Å²) in [5.41, 5.74) is 5.21. The van der Waals surface area contributed by atoms with Gasteiger partial charge < -0.3 is 29.7 Å². The number of hydroxylamine groups is 2. The van der Waals surface area contributed by atoms with Crippen LogP contribution >= 0.6 is 0 Å². The molecule has 0 aromatic carbocycles. The molecule has 13 heteroatoms. The van der Waals surface area contributed by atoms with Crippen molar-refractivity contribution in [2.75, 3.05) is 40.9 Å². The molecule has 226 valence electrons. The van der Waals surface area contributed by atoms with Gasteiger partial charge in [-0.25, -0.2) is 4.94 Å². The van der Waals surface area contributed by atoms with Gasteiger partial charge >= 0.3 is 5.97 Å². The Hall–Kier alpha value is -2.32. The van der Waals surface area contributed by atoms with Gasteiger partial charge in [0.25, 0.3) is 0 Å². The lowest BCUT2D eigenvalue weighted by molar-refractivity contribution is -0.147. The average Bonchev–Trinajstić information content (AvgIpc) is 3.39. The van der Waals surface area contributed by atoms with Crippen molar-refractivity contribution in [3.05, 3.63) is 0 Å². The molecule has 1 aliphatic heterocycles. The quantitative estimate of drug-likeness (QED) is 0.138. The summed E-state index contributed by atoms with van der Waals surface area (Å²) < 4.78 is 11.5. The van der Waals surface area contributed by atoms with Crippen molar-refractivity contribution in [1.29, 1.82) is 0 Å². The van der Waals surface area contributed by atoms with Gasteiger partial charge in [-0.2, -0.15) is 11.0 Å². The van der Waals surface area contributed by atoms with Gasteiger partial charge in [-0.3, -0.25) is 19.2 Å². The van der Waals surface area contributed by atoms with E-state index < -0.39 is 36.0 Å². The zero-order chi connectivity index (χ0) is 29.7. The number of amides is 3. The molecule has 13 nitrogen and oxygen atoms in total. The van der Waals surface area contributed by atoms with Crippen LogP contribution < -0.4 is 16.3 Å². The van der Waals surface area contributed by atoms with Crippen LogP contribution in [0.2, 0.25) is 0 Å². The van der Waals surface area contributed by atoms with E-state index in [1.165, 1.54) is 21.1 Å². The van der Waals surface area contributed by atoms with Gasteiger partial charge in [0.15, 0.2) is 0 Å². The Bertz CT molecular complexity index is 800. The standard InChI is InChI=1S/C26H49N5O8/c1-9-16(3)23(30(6)22(33)15-28-39-27-10-2)20(37-7)14-21(32)31-13-11-12-19(31)24(38-8)17(4)25(34)29-18(5)26(35)36/h16-20,23-24,27-28H,9-15H2,1-8H3,(H,29,34)(H,35,36)/t16?,17?,18-,19?,20?,23?,24?/m0/s1. The minimum atomic E-state index is -1.13. The molecule has 1 rings (SSSR count). The van der Waals surface area contributed by atoms with Crippen LogP contribution in [0.15, 0.2) is 0 Å². The first-order chi connectivity index (χ1) is 18.4. The molecule has 0 aliphatic carbocycles. The second-order valence-corrected chi connectivity index (χ2v) is 10.1. The molecular formula is C26H49N5O8. The number of carbonyl (C=O) groups is 4. The number of nitrogens with zero attached hydrogens (tertiary/aromatic N) is 2. The van der Waals surface area contributed by atoms with Gasteiger partial charge in [0.1, 0.15) is 12.6 Å². The van der Waals surface area contributed by atoms with Crippen LogP contribution in [0.3, 0.4) is 0 Å². The maximum absolute atomic E-state index is 13.6. The molecule has 1 heterocycles. The molecule has 4 N–H and O–H groups in total. The van der Waals surface area contributed by atoms with Crippen LogP contribution in [-0.4, -0.2) is 110 Å². The molecule has 1 saturated heterocycles. The number of carbonyl (C=O) groups excluding carboxylic acids is 3. The van der Waals surface area contributed by atoms with Crippen LogP contribution in [0.5, 0.6) is 0 Å². The zero-order valence-corrected chi connectivity index (χ0v) is 24.7. The minimum absolute atomic E-state index is 0.0485. The van der Waals surface area contributed by atoms with Crippen molar-refractivity contribution in [1.82, 2.24) is 26.1 Å². The fourth-order valence-corrected chi connectivity index (χ4v) is 5.08. The van der Waals surface area contributed by atoms with Crippen LogP contribution in [0.4, 0.5) is 0 Å². The maximum atomic E-state index is 13.6. The molecule has 6 unspecified atom stereocenters. The molecular weight excluding hydrogens is 510 g/mol. The SMILES string of the molecule is CCNONCC(=O)N(C)C(C(C)CC)C(CC(=O)N1CCCC1C(OC)C(C)C(=O)N[C@@H](C)C(=O)O)OC. The van der Waals surface area contributed by atoms with Crippen LogP contribution in [0.1, 0.15) is 60.3 Å². The fourth-order valence-electron chi connectivity index (χ4n) is 5.08. The Morgan fingerprint density at radius 3 is 2.28 bits per heavy atom. The third kappa shape index (κ3) is 9.98. The molecule has 0 spiro atoms. The minimum Gasteiger partial charge on any atom is -0.480 e. The lowest BCUT2D eigenvalue weighted by atomic mass is 9.90. The first kappa shape index (κ1) is 34.7. The summed E-state index contributed by atoms with van der Waals surface area (Å²) in [6, 6.07) is -1.75. The van der Waals surface area contributed by atoms with Gasteiger partial charge in [0, 0.05) is 34.4 Å². The molecule has 0 aromatic heterocycles. The van der Waals surface area contributed by atoms with E-state index in [0.717, 1.165) is 12.8 Å². The molecule has 0 bridgehead atoms. The largest absolute Gasteiger partial charge is 0.480 e. The number of hydrogen-bond donors (Lipinski definition) is 4. The normalized spacial score (nSPS) is 20.0. The van der Waals surface area contributed by atoms with E-state index in [9.17, 15) is 19.2 Å². The molecule has 1 fully saturated rings. The van der Waals surface area contributed by atoms with E-state index in [1.807, 2.05) is 20.8 Å². The summed E-state index contributed by atoms with van der Waals surface area (Å²) in [4.78, 5) is 58.7. The predicted octanol–water partition coefficient (Wildman–Crippen LogP) is 0.542. The van der Waals surface area contributed by atoms with Crippen LogP contribution in [0.25, 0.3) is 0 Å². The van der Waals surface area contributed by atoms with Crippen molar-refractivity contribution in [2.45, 2.75) is 90.6 Å². The molecule has 3 amide bonds. The van der Waals surface area contributed by atoms with E-state index in [1.54, 1.807) is 23.8 Å². The summed E-state index contributed by atoms with van der Waals surface area (Å²) in [6.07, 6.45) is 1.05. The number of hydrogen-bond acceptors (Lipinski definition) is 9. The third-order valence-electron chi connectivity index (χ3n) is 7.55. The molecule has 0 radical (unpaired) electrons. The van der Waals surface area contributed by atoms with Gasteiger partial charge in [-0.1, -0.05) is 34.1 Å². The number of carboxylic acids is 1. The fraction of sp³-hybridized carbons (Fsp3) is 0.846. The van der Waals surface area contributed by atoms with Crippen molar-refractivity contribution in [2.24, 2.45) is 11.8 Å².